The van der Waals surface area contributed by atoms with Crippen molar-refractivity contribution in [2.24, 2.45) is 0 Å². The Balaban J connectivity index is 2.06. The van der Waals surface area contributed by atoms with E-state index in [4.69, 9.17) is 0 Å². The van der Waals surface area contributed by atoms with Gasteiger partial charge in [-0.25, -0.2) is 4.98 Å². The Morgan fingerprint density at radius 1 is 1.27 bits per heavy atom. The molecule has 0 atom stereocenters. The van der Waals surface area contributed by atoms with E-state index in [-0.39, 0.29) is 5.56 Å². The summed E-state index contributed by atoms with van der Waals surface area (Å²) < 4.78 is 0. The monoisotopic (exact) mass is 313 g/mol. The summed E-state index contributed by atoms with van der Waals surface area (Å²) in [4.78, 5) is 21.7. The van der Waals surface area contributed by atoms with Gasteiger partial charge in [0.1, 0.15) is 4.83 Å². The molecule has 0 fully saturated rings. The fraction of sp³-hybridized carbons (Fsp3) is 0.294. The summed E-state index contributed by atoms with van der Waals surface area (Å²) in [6, 6.07) is 10.1. The third-order valence-corrected chi connectivity index (χ3v) is 4.89. The molecule has 0 aliphatic rings. The molecule has 2 N–H and O–H groups in total. The third kappa shape index (κ3) is 2.76. The van der Waals surface area contributed by atoms with Crippen LogP contribution in [0.3, 0.4) is 0 Å². The molecular weight excluding hydrogens is 294 g/mol. The number of hydrogen-bond donors (Lipinski definition) is 2. The summed E-state index contributed by atoms with van der Waals surface area (Å²) in [6.07, 6.45) is 2.16. The number of unbranched alkanes of at least 4 members (excludes halogenated alkanes) is 1. The normalized spacial score (nSPS) is 11.0. The number of rotatable bonds is 5. The number of nitrogens with zero attached hydrogens (tertiary/aromatic N) is 1. The fourth-order valence-corrected chi connectivity index (χ4v) is 3.66. The van der Waals surface area contributed by atoms with Gasteiger partial charge >= 0.3 is 0 Å². The summed E-state index contributed by atoms with van der Waals surface area (Å²) in [5, 5.41) is 3.89. The van der Waals surface area contributed by atoms with Crippen LogP contribution >= 0.6 is 11.3 Å². The van der Waals surface area contributed by atoms with Crippen molar-refractivity contribution in [2.45, 2.75) is 26.7 Å². The van der Waals surface area contributed by atoms with Crippen LogP contribution in [0.4, 0.5) is 5.95 Å². The number of hydrogen-bond acceptors (Lipinski definition) is 4. The van der Waals surface area contributed by atoms with Gasteiger partial charge in [0.15, 0.2) is 0 Å². The van der Waals surface area contributed by atoms with Gasteiger partial charge in [-0.3, -0.25) is 9.78 Å². The molecule has 3 rings (SSSR count). The molecule has 5 heteroatoms. The van der Waals surface area contributed by atoms with E-state index in [1.807, 2.05) is 25.1 Å². The Morgan fingerprint density at radius 2 is 2.05 bits per heavy atom. The van der Waals surface area contributed by atoms with E-state index in [2.05, 4.69) is 34.3 Å². The SMILES string of the molecule is CCCCNc1nc2sc(-c3ccccc3)c(C)c2c(=O)[nH]1. The maximum absolute atomic E-state index is 12.4. The van der Waals surface area contributed by atoms with Gasteiger partial charge in [0.25, 0.3) is 5.56 Å². The number of H-pyrrole nitrogens is 1. The number of fused-ring (bicyclic) bond motifs is 1. The van der Waals surface area contributed by atoms with Crippen LogP contribution in [-0.2, 0) is 0 Å². The highest BCUT2D eigenvalue weighted by Gasteiger charge is 2.15. The Morgan fingerprint density at radius 3 is 2.77 bits per heavy atom. The Hall–Kier alpha value is -2.14. The number of aryl methyl sites for hydroxylation is 1. The highest BCUT2D eigenvalue weighted by Crippen LogP contribution is 2.35. The molecular formula is C17H19N3OS. The van der Waals surface area contributed by atoms with Gasteiger partial charge in [-0.15, -0.1) is 11.3 Å². The Bertz CT molecular complexity index is 836. The number of aromatic amines is 1. The molecule has 2 aromatic heterocycles. The summed E-state index contributed by atoms with van der Waals surface area (Å²) in [6.45, 7) is 4.94. The lowest BCUT2D eigenvalue weighted by Crippen LogP contribution is -2.13. The molecule has 1 aromatic carbocycles. The quantitative estimate of drug-likeness (QED) is 0.695. The molecule has 0 amide bonds. The summed E-state index contributed by atoms with van der Waals surface area (Å²) in [5.74, 6) is 0.562. The first-order valence-electron chi connectivity index (χ1n) is 7.53. The third-order valence-electron chi connectivity index (χ3n) is 3.66. The predicted octanol–water partition coefficient (Wildman–Crippen LogP) is 4.17. The molecule has 0 saturated carbocycles. The van der Waals surface area contributed by atoms with Crippen LogP contribution in [0.15, 0.2) is 35.1 Å². The molecule has 22 heavy (non-hydrogen) atoms. The summed E-state index contributed by atoms with van der Waals surface area (Å²) in [5.41, 5.74) is 2.06. The van der Waals surface area contributed by atoms with Crippen LogP contribution < -0.4 is 10.9 Å². The zero-order chi connectivity index (χ0) is 15.5. The second kappa shape index (κ2) is 6.32. The Labute approximate surface area is 133 Å². The number of thiophene rings is 1. The van der Waals surface area contributed by atoms with Gasteiger partial charge in [0.05, 0.1) is 5.39 Å². The van der Waals surface area contributed by atoms with Crippen molar-refractivity contribution >= 4 is 27.5 Å². The van der Waals surface area contributed by atoms with Crippen LogP contribution in [0.5, 0.6) is 0 Å². The predicted molar refractivity (Wildman–Crippen MR) is 93.8 cm³/mol. The smallest absolute Gasteiger partial charge is 0.261 e. The molecule has 0 aliphatic carbocycles. The highest BCUT2D eigenvalue weighted by molar-refractivity contribution is 7.22. The lowest BCUT2D eigenvalue weighted by Gasteiger charge is -2.03. The molecule has 0 radical (unpaired) electrons. The number of anilines is 1. The minimum Gasteiger partial charge on any atom is -0.356 e. The number of aromatic nitrogens is 2. The largest absolute Gasteiger partial charge is 0.356 e. The van der Waals surface area contributed by atoms with E-state index in [1.165, 1.54) is 0 Å². The van der Waals surface area contributed by atoms with Gasteiger partial charge in [0, 0.05) is 11.4 Å². The Kier molecular flexibility index (Phi) is 4.24. The van der Waals surface area contributed by atoms with E-state index < -0.39 is 0 Å². The first-order valence-corrected chi connectivity index (χ1v) is 8.35. The molecule has 2 heterocycles. The van der Waals surface area contributed by atoms with E-state index >= 15 is 0 Å². The van der Waals surface area contributed by atoms with Crippen LogP contribution in [0.25, 0.3) is 20.7 Å². The van der Waals surface area contributed by atoms with E-state index in [9.17, 15) is 4.79 Å². The maximum Gasteiger partial charge on any atom is 0.261 e. The molecule has 114 valence electrons. The van der Waals surface area contributed by atoms with Crippen molar-refractivity contribution in [3.63, 3.8) is 0 Å². The zero-order valence-electron chi connectivity index (χ0n) is 12.8. The molecule has 0 bridgehead atoms. The van der Waals surface area contributed by atoms with Gasteiger partial charge in [0.2, 0.25) is 5.95 Å². The van der Waals surface area contributed by atoms with E-state index in [0.29, 0.717) is 11.3 Å². The molecule has 3 aromatic rings. The van der Waals surface area contributed by atoms with E-state index in [0.717, 1.165) is 40.2 Å². The maximum atomic E-state index is 12.4. The number of benzene rings is 1. The second-order valence-corrected chi connectivity index (χ2v) is 6.30. The topological polar surface area (TPSA) is 57.8 Å². The second-order valence-electron chi connectivity index (χ2n) is 5.30. The number of nitrogens with one attached hydrogen (secondary N) is 2. The first kappa shape index (κ1) is 14.8. The van der Waals surface area contributed by atoms with Gasteiger partial charge in [-0.05, 0) is 24.5 Å². The molecule has 4 nitrogen and oxygen atoms in total. The molecule has 0 saturated heterocycles. The summed E-state index contributed by atoms with van der Waals surface area (Å²) >= 11 is 1.57. The summed E-state index contributed by atoms with van der Waals surface area (Å²) in [7, 11) is 0. The van der Waals surface area contributed by atoms with Crippen molar-refractivity contribution in [3.05, 3.63) is 46.2 Å². The van der Waals surface area contributed by atoms with Crippen molar-refractivity contribution in [1.82, 2.24) is 9.97 Å². The van der Waals surface area contributed by atoms with Crippen LogP contribution in [0.1, 0.15) is 25.3 Å². The lowest BCUT2D eigenvalue weighted by atomic mass is 10.1. The minimum absolute atomic E-state index is 0.0695. The highest BCUT2D eigenvalue weighted by atomic mass is 32.1. The first-order chi connectivity index (χ1) is 10.7. The van der Waals surface area contributed by atoms with Crippen LogP contribution in [-0.4, -0.2) is 16.5 Å². The van der Waals surface area contributed by atoms with Crippen LogP contribution in [0.2, 0.25) is 0 Å². The lowest BCUT2D eigenvalue weighted by molar-refractivity contribution is 0.827. The van der Waals surface area contributed by atoms with Gasteiger partial charge < -0.3 is 5.32 Å². The average molecular weight is 313 g/mol. The van der Waals surface area contributed by atoms with Crippen molar-refractivity contribution < 1.29 is 0 Å². The zero-order valence-corrected chi connectivity index (χ0v) is 13.6. The minimum atomic E-state index is -0.0695. The molecule has 0 spiro atoms. The van der Waals surface area contributed by atoms with Crippen molar-refractivity contribution in [3.8, 4) is 10.4 Å². The molecule has 0 aliphatic heterocycles. The molecule has 0 unspecified atom stereocenters. The van der Waals surface area contributed by atoms with Crippen molar-refractivity contribution in [1.29, 1.82) is 0 Å². The van der Waals surface area contributed by atoms with Gasteiger partial charge in [-0.1, -0.05) is 43.7 Å². The van der Waals surface area contributed by atoms with Crippen LogP contribution in [0, 0.1) is 6.92 Å². The van der Waals surface area contributed by atoms with E-state index in [1.54, 1.807) is 11.3 Å². The fourth-order valence-electron chi connectivity index (χ4n) is 2.48. The van der Waals surface area contributed by atoms with Gasteiger partial charge in [-0.2, -0.15) is 0 Å². The standard InChI is InChI=1S/C17H19N3OS/c1-3-4-10-18-17-19-15(21)13-11(2)14(22-16(13)20-17)12-8-6-5-7-9-12/h5-9H,3-4,10H2,1-2H3,(H2,18,19,20,21). The van der Waals surface area contributed by atoms with Crippen molar-refractivity contribution in [2.75, 3.05) is 11.9 Å². The average Bonchev–Trinajstić information content (AvgIpc) is 2.86.